The number of carbonyl (C=O) groups is 2. The van der Waals surface area contributed by atoms with Crippen LogP contribution in [0.1, 0.15) is 26.0 Å². The summed E-state index contributed by atoms with van der Waals surface area (Å²) < 4.78 is 7.48. The Hall–Kier alpha value is -2.49. The van der Waals surface area contributed by atoms with Crippen LogP contribution in [0.25, 0.3) is 0 Å². The minimum Gasteiger partial charge on any atom is -0.467 e. The fraction of sp³-hybridized carbons (Fsp3) is 0.556. The lowest BCUT2D eigenvalue weighted by molar-refractivity contribution is -0.117. The van der Waals surface area contributed by atoms with Gasteiger partial charge in [0.05, 0.1) is 18.6 Å². The number of imide groups is 1. The van der Waals surface area contributed by atoms with Crippen LogP contribution in [0.4, 0.5) is 10.7 Å². The number of nitrogens with zero attached hydrogens (tertiary/aromatic N) is 4. The number of amides is 3. The van der Waals surface area contributed by atoms with Gasteiger partial charge < -0.3 is 14.6 Å². The topological polar surface area (TPSA) is 105 Å². The van der Waals surface area contributed by atoms with E-state index in [2.05, 4.69) is 39.6 Å². The van der Waals surface area contributed by atoms with Gasteiger partial charge in [0.1, 0.15) is 5.76 Å². The van der Waals surface area contributed by atoms with Crippen LogP contribution < -0.4 is 15.5 Å². The van der Waals surface area contributed by atoms with E-state index in [0.717, 1.165) is 24.8 Å². The molecule has 3 rings (SSSR count). The summed E-state index contributed by atoms with van der Waals surface area (Å²) in [6, 6.07) is 3.21. The van der Waals surface area contributed by atoms with Crippen LogP contribution in [0.3, 0.4) is 0 Å². The molecule has 0 radical (unpaired) electrons. The first-order valence-corrected chi connectivity index (χ1v) is 10.3. The molecule has 0 aliphatic carbocycles. The Morgan fingerprint density at radius 2 is 2.04 bits per heavy atom. The average molecular weight is 407 g/mol. The Kier molecular flexibility index (Phi) is 6.61. The Labute approximate surface area is 168 Å². The Morgan fingerprint density at radius 3 is 2.68 bits per heavy atom. The van der Waals surface area contributed by atoms with Gasteiger partial charge in [0.15, 0.2) is 5.16 Å². The molecule has 28 heavy (non-hydrogen) atoms. The van der Waals surface area contributed by atoms with E-state index in [1.807, 2.05) is 16.7 Å². The van der Waals surface area contributed by atoms with Crippen LogP contribution in [0, 0.1) is 11.8 Å². The van der Waals surface area contributed by atoms with Gasteiger partial charge in [-0.1, -0.05) is 25.6 Å². The minimum atomic E-state index is -0.528. The number of thioether (sulfide) groups is 1. The summed E-state index contributed by atoms with van der Waals surface area (Å²) in [7, 11) is 1.46. The molecule has 3 amide bonds. The van der Waals surface area contributed by atoms with Gasteiger partial charge in [-0.2, -0.15) is 0 Å². The molecule has 1 aliphatic rings. The second kappa shape index (κ2) is 9.13. The van der Waals surface area contributed by atoms with Gasteiger partial charge in [0.25, 0.3) is 0 Å². The van der Waals surface area contributed by atoms with Crippen LogP contribution >= 0.6 is 11.8 Å². The smallest absolute Gasteiger partial charge is 0.321 e. The van der Waals surface area contributed by atoms with Crippen molar-refractivity contribution < 1.29 is 14.0 Å². The second-order valence-corrected chi connectivity index (χ2v) is 8.16. The molecule has 0 saturated carbocycles. The van der Waals surface area contributed by atoms with E-state index in [-0.39, 0.29) is 5.75 Å². The van der Waals surface area contributed by atoms with Crippen molar-refractivity contribution in [3.05, 3.63) is 24.2 Å². The second-order valence-electron chi connectivity index (χ2n) is 7.22. The summed E-state index contributed by atoms with van der Waals surface area (Å²) in [5.74, 6) is 2.40. The number of hydrogen-bond acceptors (Lipinski definition) is 7. The van der Waals surface area contributed by atoms with E-state index in [1.54, 1.807) is 6.26 Å². The molecule has 0 spiro atoms. The van der Waals surface area contributed by atoms with Gasteiger partial charge in [0, 0.05) is 20.1 Å². The summed E-state index contributed by atoms with van der Waals surface area (Å²) in [6.45, 7) is 6.81. The highest BCUT2D eigenvalue weighted by atomic mass is 32.2. The lowest BCUT2D eigenvalue weighted by Crippen LogP contribution is -2.40. The van der Waals surface area contributed by atoms with E-state index < -0.39 is 11.9 Å². The largest absolute Gasteiger partial charge is 0.467 e. The predicted molar refractivity (Wildman–Crippen MR) is 106 cm³/mol. The number of nitrogens with one attached hydrogen (secondary N) is 2. The molecular weight excluding hydrogens is 380 g/mol. The van der Waals surface area contributed by atoms with Gasteiger partial charge in [-0.05, 0) is 30.4 Å². The van der Waals surface area contributed by atoms with Crippen molar-refractivity contribution >= 4 is 29.6 Å². The average Bonchev–Trinajstić information content (AvgIpc) is 3.29. The first kappa shape index (κ1) is 20.2. The monoisotopic (exact) mass is 406 g/mol. The molecule has 2 atom stereocenters. The van der Waals surface area contributed by atoms with Crippen LogP contribution in [0.2, 0.25) is 0 Å². The summed E-state index contributed by atoms with van der Waals surface area (Å²) in [5.41, 5.74) is 0. The van der Waals surface area contributed by atoms with Crippen molar-refractivity contribution in [2.75, 3.05) is 30.8 Å². The molecule has 0 bridgehead atoms. The Bertz CT molecular complexity index is 796. The lowest BCUT2D eigenvalue weighted by atomic mass is 9.92. The SMILES string of the molecule is CNC(=O)NC(=O)CSc1nnc(N2C[C@H](C)C[C@@H](C)C2)n1Cc1ccco1. The highest BCUT2D eigenvalue weighted by Gasteiger charge is 2.27. The molecule has 3 heterocycles. The Morgan fingerprint density at radius 1 is 1.29 bits per heavy atom. The normalized spacial score (nSPS) is 19.5. The number of rotatable bonds is 6. The van der Waals surface area contributed by atoms with Crippen LogP contribution in [0.5, 0.6) is 0 Å². The predicted octanol–water partition coefficient (Wildman–Crippen LogP) is 1.95. The van der Waals surface area contributed by atoms with E-state index in [9.17, 15) is 9.59 Å². The lowest BCUT2D eigenvalue weighted by Gasteiger charge is -2.35. The fourth-order valence-electron chi connectivity index (χ4n) is 3.50. The van der Waals surface area contributed by atoms with E-state index >= 15 is 0 Å². The first-order chi connectivity index (χ1) is 13.5. The minimum absolute atomic E-state index is 0.0660. The van der Waals surface area contributed by atoms with Crippen molar-refractivity contribution in [2.45, 2.75) is 32.0 Å². The van der Waals surface area contributed by atoms with Crippen molar-refractivity contribution in [3.8, 4) is 0 Å². The van der Waals surface area contributed by atoms with Crippen molar-refractivity contribution in [3.63, 3.8) is 0 Å². The van der Waals surface area contributed by atoms with Gasteiger partial charge in [-0.15, -0.1) is 10.2 Å². The van der Waals surface area contributed by atoms with Gasteiger partial charge >= 0.3 is 6.03 Å². The number of piperidine rings is 1. The molecule has 2 aromatic rings. The molecule has 1 aliphatic heterocycles. The van der Waals surface area contributed by atoms with E-state index in [0.29, 0.717) is 23.5 Å². The molecule has 1 fully saturated rings. The van der Waals surface area contributed by atoms with Crippen LogP contribution in [-0.2, 0) is 11.3 Å². The maximum atomic E-state index is 11.9. The quantitative estimate of drug-likeness (QED) is 0.706. The van der Waals surface area contributed by atoms with Crippen LogP contribution in [-0.4, -0.2) is 52.6 Å². The zero-order valence-corrected chi connectivity index (χ0v) is 17.2. The number of anilines is 1. The Balaban J connectivity index is 1.78. The third kappa shape index (κ3) is 5.06. The number of carbonyl (C=O) groups excluding carboxylic acids is 2. The summed E-state index contributed by atoms with van der Waals surface area (Å²) >= 11 is 1.24. The number of aromatic nitrogens is 3. The van der Waals surface area contributed by atoms with E-state index in [1.165, 1.54) is 25.2 Å². The molecule has 9 nitrogen and oxygen atoms in total. The van der Waals surface area contributed by atoms with E-state index in [4.69, 9.17) is 4.42 Å². The van der Waals surface area contributed by atoms with Gasteiger partial charge in [0.2, 0.25) is 11.9 Å². The maximum absolute atomic E-state index is 11.9. The number of furan rings is 1. The molecule has 2 N–H and O–H groups in total. The highest BCUT2D eigenvalue weighted by molar-refractivity contribution is 7.99. The summed E-state index contributed by atoms with van der Waals surface area (Å²) in [4.78, 5) is 25.5. The summed E-state index contributed by atoms with van der Waals surface area (Å²) in [5, 5.41) is 13.9. The molecule has 0 aromatic carbocycles. The standard InChI is InChI=1S/C18H26N6O3S/c1-12-7-13(2)9-23(8-12)17-21-22-18(24(17)10-14-5-4-6-27-14)28-11-15(25)20-16(26)19-3/h4-6,12-13H,7-11H2,1-3H3,(H2,19,20,25,26)/t12-,13-/m1/s1. The molecular formula is C18H26N6O3S. The van der Waals surface area contributed by atoms with Crippen molar-refractivity contribution in [1.82, 2.24) is 25.4 Å². The third-order valence-corrected chi connectivity index (χ3v) is 5.52. The molecule has 2 aromatic heterocycles. The summed E-state index contributed by atoms with van der Waals surface area (Å²) in [6.07, 6.45) is 2.83. The maximum Gasteiger partial charge on any atom is 0.321 e. The van der Waals surface area contributed by atoms with Gasteiger partial charge in [-0.3, -0.25) is 14.7 Å². The van der Waals surface area contributed by atoms with Crippen molar-refractivity contribution in [1.29, 1.82) is 0 Å². The van der Waals surface area contributed by atoms with Crippen molar-refractivity contribution in [2.24, 2.45) is 11.8 Å². The molecule has 10 heteroatoms. The fourth-order valence-corrected chi connectivity index (χ4v) is 4.23. The number of urea groups is 1. The van der Waals surface area contributed by atoms with Crippen LogP contribution in [0.15, 0.2) is 28.0 Å². The zero-order chi connectivity index (χ0) is 20.1. The third-order valence-electron chi connectivity index (χ3n) is 4.56. The molecule has 0 unspecified atom stereocenters. The highest BCUT2D eigenvalue weighted by Crippen LogP contribution is 2.28. The molecule has 152 valence electrons. The van der Waals surface area contributed by atoms with Gasteiger partial charge in [-0.25, -0.2) is 4.79 Å². The number of hydrogen-bond donors (Lipinski definition) is 2. The zero-order valence-electron chi connectivity index (χ0n) is 16.3. The molecule has 1 saturated heterocycles. The first-order valence-electron chi connectivity index (χ1n) is 9.31.